The van der Waals surface area contributed by atoms with Crippen LogP contribution in [0.25, 0.3) is 0 Å². The Bertz CT molecular complexity index is 559. The SMILES string of the molecule is O=C(OCC1[C@H]2CNC[C@@H]12)C(O)(c1ccccc1)C1CCCC1. The highest BCUT2D eigenvalue weighted by molar-refractivity contribution is 5.81. The monoisotopic (exact) mass is 315 g/mol. The van der Waals surface area contributed by atoms with Crippen LogP contribution in [0.4, 0.5) is 0 Å². The zero-order chi connectivity index (χ0) is 15.9. The summed E-state index contributed by atoms with van der Waals surface area (Å²) in [5, 5.41) is 14.7. The Morgan fingerprint density at radius 3 is 2.48 bits per heavy atom. The maximum absolute atomic E-state index is 12.8. The van der Waals surface area contributed by atoms with Crippen molar-refractivity contribution in [1.82, 2.24) is 5.32 Å². The van der Waals surface area contributed by atoms with E-state index >= 15 is 0 Å². The van der Waals surface area contributed by atoms with Crippen LogP contribution in [0.5, 0.6) is 0 Å². The first kappa shape index (κ1) is 15.2. The van der Waals surface area contributed by atoms with Crippen molar-refractivity contribution in [1.29, 1.82) is 0 Å². The topological polar surface area (TPSA) is 58.6 Å². The number of hydrogen-bond donors (Lipinski definition) is 2. The Hall–Kier alpha value is -1.39. The number of fused-ring (bicyclic) bond motifs is 1. The van der Waals surface area contributed by atoms with E-state index in [1.165, 1.54) is 0 Å². The first-order chi connectivity index (χ1) is 11.2. The first-order valence-corrected chi connectivity index (χ1v) is 8.87. The minimum absolute atomic E-state index is 0.0298. The quantitative estimate of drug-likeness (QED) is 0.817. The summed E-state index contributed by atoms with van der Waals surface area (Å²) < 4.78 is 5.62. The summed E-state index contributed by atoms with van der Waals surface area (Å²) in [7, 11) is 0. The van der Waals surface area contributed by atoms with Gasteiger partial charge in [0, 0.05) is 11.8 Å². The van der Waals surface area contributed by atoms with Gasteiger partial charge in [-0.05, 0) is 43.3 Å². The third-order valence-corrected chi connectivity index (χ3v) is 6.15. The van der Waals surface area contributed by atoms with Crippen LogP contribution in [-0.2, 0) is 15.1 Å². The molecule has 1 heterocycles. The molecule has 1 aromatic rings. The van der Waals surface area contributed by atoms with E-state index in [1.807, 2.05) is 30.3 Å². The van der Waals surface area contributed by atoms with Crippen LogP contribution in [0, 0.1) is 23.7 Å². The van der Waals surface area contributed by atoms with E-state index < -0.39 is 11.6 Å². The molecule has 4 atom stereocenters. The fraction of sp³-hybridized carbons (Fsp3) is 0.632. The highest BCUT2D eigenvalue weighted by atomic mass is 16.5. The smallest absolute Gasteiger partial charge is 0.343 e. The van der Waals surface area contributed by atoms with Gasteiger partial charge in [-0.25, -0.2) is 4.79 Å². The molecular formula is C19H25NO3. The lowest BCUT2D eigenvalue weighted by molar-refractivity contribution is -0.174. The average molecular weight is 315 g/mol. The van der Waals surface area contributed by atoms with Crippen LogP contribution >= 0.6 is 0 Å². The molecule has 0 spiro atoms. The van der Waals surface area contributed by atoms with E-state index in [4.69, 9.17) is 4.74 Å². The van der Waals surface area contributed by atoms with Gasteiger partial charge in [-0.3, -0.25) is 0 Å². The van der Waals surface area contributed by atoms with Gasteiger partial charge in [-0.15, -0.1) is 0 Å². The van der Waals surface area contributed by atoms with Gasteiger partial charge < -0.3 is 15.2 Å². The molecule has 0 aromatic heterocycles. The molecule has 124 valence electrons. The van der Waals surface area contributed by atoms with Crippen LogP contribution in [0.1, 0.15) is 31.2 Å². The van der Waals surface area contributed by atoms with Crippen molar-refractivity contribution in [3.63, 3.8) is 0 Å². The summed E-state index contributed by atoms with van der Waals surface area (Å²) in [5.41, 5.74) is -0.811. The molecule has 2 aliphatic carbocycles. The van der Waals surface area contributed by atoms with Crippen molar-refractivity contribution in [3.8, 4) is 0 Å². The number of esters is 1. The molecule has 1 aromatic carbocycles. The summed E-state index contributed by atoms with van der Waals surface area (Å²) >= 11 is 0. The maximum atomic E-state index is 12.8. The van der Waals surface area contributed by atoms with Crippen molar-refractivity contribution < 1.29 is 14.6 Å². The largest absolute Gasteiger partial charge is 0.463 e. The Balaban J connectivity index is 1.49. The molecule has 1 aliphatic heterocycles. The molecule has 2 N–H and O–H groups in total. The lowest BCUT2D eigenvalue weighted by atomic mass is 9.80. The normalized spacial score (nSPS) is 32.3. The van der Waals surface area contributed by atoms with Crippen molar-refractivity contribution in [2.75, 3.05) is 19.7 Å². The molecular weight excluding hydrogens is 290 g/mol. The molecule has 4 rings (SSSR count). The number of carbonyl (C=O) groups is 1. The minimum atomic E-state index is -1.49. The Labute approximate surface area is 137 Å². The highest BCUT2D eigenvalue weighted by Gasteiger charge is 2.54. The van der Waals surface area contributed by atoms with Crippen molar-refractivity contribution in [3.05, 3.63) is 35.9 Å². The molecule has 0 radical (unpaired) electrons. The van der Waals surface area contributed by atoms with Gasteiger partial charge in [0.1, 0.15) is 0 Å². The van der Waals surface area contributed by atoms with E-state index in [-0.39, 0.29) is 5.92 Å². The summed E-state index contributed by atoms with van der Waals surface area (Å²) in [6.45, 7) is 2.54. The summed E-state index contributed by atoms with van der Waals surface area (Å²) in [6.07, 6.45) is 3.93. The second-order valence-corrected chi connectivity index (χ2v) is 7.36. The van der Waals surface area contributed by atoms with E-state index in [2.05, 4.69) is 5.32 Å². The van der Waals surface area contributed by atoms with E-state index in [9.17, 15) is 9.90 Å². The van der Waals surface area contributed by atoms with E-state index in [0.717, 1.165) is 38.8 Å². The number of hydrogen-bond acceptors (Lipinski definition) is 4. The molecule has 2 saturated carbocycles. The van der Waals surface area contributed by atoms with Gasteiger partial charge in [-0.1, -0.05) is 43.2 Å². The minimum Gasteiger partial charge on any atom is -0.463 e. The number of piperidine rings is 1. The van der Waals surface area contributed by atoms with Crippen LogP contribution in [0.2, 0.25) is 0 Å². The number of aliphatic hydroxyl groups is 1. The number of rotatable bonds is 5. The number of ether oxygens (including phenoxy) is 1. The number of nitrogens with one attached hydrogen (secondary N) is 1. The second kappa shape index (κ2) is 5.91. The fourth-order valence-electron chi connectivity index (χ4n) is 4.63. The van der Waals surface area contributed by atoms with Crippen molar-refractivity contribution >= 4 is 5.97 Å². The highest BCUT2D eigenvalue weighted by Crippen LogP contribution is 2.49. The lowest BCUT2D eigenvalue weighted by Gasteiger charge is -2.32. The zero-order valence-corrected chi connectivity index (χ0v) is 13.4. The van der Waals surface area contributed by atoms with Gasteiger partial charge in [0.15, 0.2) is 5.60 Å². The van der Waals surface area contributed by atoms with Gasteiger partial charge in [0.25, 0.3) is 0 Å². The first-order valence-electron chi connectivity index (χ1n) is 8.87. The molecule has 3 aliphatic rings. The molecule has 1 saturated heterocycles. The molecule has 2 unspecified atom stereocenters. The fourth-order valence-corrected chi connectivity index (χ4v) is 4.63. The molecule has 4 heteroatoms. The van der Waals surface area contributed by atoms with Crippen LogP contribution in [0.3, 0.4) is 0 Å². The molecule has 4 nitrogen and oxygen atoms in total. The van der Waals surface area contributed by atoms with Crippen LogP contribution < -0.4 is 5.32 Å². The summed E-state index contributed by atoms with van der Waals surface area (Å²) in [5.74, 6) is 1.34. The lowest BCUT2D eigenvalue weighted by Crippen LogP contribution is -2.43. The van der Waals surface area contributed by atoms with E-state index in [0.29, 0.717) is 29.9 Å². The molecule has 23 heavy (non-hydrogen) atoms. The molecule has 0 bridgehead atoms. The third kappa shape index (κ3) is 2.58. The predicted octanol–water partition coefficient (Wildman–Crippen LogP) is 2.07. The standard InChI is InChI=1S/C19H25NO3/c21-18(23-12-17-15-10-20-11-16(15)17)19(22,14-8-4-5-9-14)13-6-2-1-3-7-13/h1-3,6-7,14-17,20,22H,4-5,8-12H2/t15-,16+,17?,19?. The van der Waals surface area contributed by atoms with Gasteiger partial charge >= 0.3 is 5.97 Å². The maximum Gasteiger partial charge on any atom is 0.343 e. The van der Waals surface area contributed by atoms with Gasteiger partial charge in [0.05, 0.1) is 6.61 Å². The van der Waals surface area contributed by atoms with Crippen molar-refractivity contribution in [2.45, 2.75) is 31.3 Å². The van der Waals surface area contributed by atoms with Crippen LogP contribution in [0.15, 0.2) is 30.3 Å². The Morgan fingerprint density at radius 1 is 1.17 bits per heavy atom. The van der Waals surface area contributed by atoms with Gasteiger partial charge in [-0.2, -0.15) is 0 Å². The number of carbonyl (C=O) groups excluding carboxylic acids is 1. The van der Waals surface area contributed by atoms with Crippen molar-refractivity contribution in [2.24, 2.45) is 23.7 Å². The summed E-state index contributed by atoms with van der Waals surface area (Å²) in [4.78, 5) is 12.8. The third-order valence-electron chi connectivity index (χ3n) is 6.15. The zero-order valence-electron chi connectivity index (χ0n) is 13.4. The van der Waals surface area contributed by atoms with E-state index in [1.54, 1.807) is 0 Å². The Kier molecular flexibility index (Phi) is 3.90. The van der Waals surface area contributed by atoms with Gasteiger partial charge in [0.2, 0.25) is 0 Å². The van der Waals surface area contributed by atoms with Crippen LogP contribution in [-0.4, -0.2) is 30.8 Å². The molecule has 3 fully saturated rings. The Morgan fingerprint density at radius 2 is 1.83 bits per heavy atom. The second-order valence-electron chi connectivity index (χ2n) is 7.36. The molecule has 0 amide bonds. The average Bonchev–Trinajstić information content (AvgIpc) is 3.02. The number of benzene rings is 1. The summed E-state index contributed by atoms with van der Waals surface area (Å²) in [6, 6.07) is 9.34. The predicted molar refractivity (Wildman–Crippen MR) is 86.6 cm³/mol.